The Hall–Kier alpha value is -2.91. The van der Waals surface area contributed by atoms with Gasteiger partial charge in [-0.25, -0.2) is 8.42 Å². The van der Waals surface area contributed by atoms with Crippen molar-refractivity contribution in [3.8, 4) is 22.9 Å². The second kappa shape index (κ2) is 7.97. The van der Waals surface area contributed by atoms with Crippen molar-refractivity contribution >= 4 is 10.0 Å². The van der Waals surface area contributed by atoms with Crippen LogP contribution in [0.1, 0.15) is 30.2 Å². The molecule has 2 aromatic carbocycles. The largest absolute Gasteiger partial charge is 0.486 e. The smallest absolute Gasteiger partial charge is 0.243 e. The highest BCUT2D eigenvalue weighted by Crippen LogP contribution is 2.35. The first kappa shape index (κ1) is 20.0. The van der Waals surface area contributed by atoms with Crippen LogP contribution >= 0.6 is 0 Å². The fraction of sp³-hybridized carbons (Fsp3) is 0.364. The van der Waals surface area contributed by atoms with Crippen LogP contribution < -0.4 is 9.47 Å². The lowest BCUT2D eigenvalue weighted by molar-refractivity contribution is 0.171. The summed E-state index contributed by atoms with van der Waals surface area (Å²) in [6.45, 7) is 3.63. The van der Waals surface area contributed by atoms with Gasteiger partial charge in [-0.15, -0.1) is 0 Å². The van der Waals surface area contributed by atoms with E-state index in [0.717, 1.165) is 24.0 Å². The van der Waals surface area contributed by atoms with Gasteiger partial charge in [-0.1, -0.05) is 35.0 Å². The average molecular weight is 442 g/mol. The quantitative estimate of drug-likeness (QED) is 0.612. The summed E-state index contributed by atoms with van der Waals surface area (Å²) in [5.41, 5.74) is 2.02. The molecule has 0 aliphatic carbocycles. The van der Waals surface area contributed by atoms with Crippen molar-refractivity contribution in [2.75, 3.05) is 26.3 Å². The minimum absolute atomic E-state index is 0.146. The zero-order valence-corrected chi connectivity index (χ0v) is 18.0. The van der Waals surface area contributed by atoms with Gasteiger partial charge in [0.15, 0.2) is 11.5 Å². The van der Waals surface area contributed by atoms with Crippen LogP contribution in [-0.2, 0) is 10.0 Å². The third-order valence-corrected chi connectivity index (χ3v) is 7.50. The molecule has 1 aromatic heterocycles. The number of ether oxygens (including phenoxy) is 2. The molecule has 2 aliphatic rings. The molecule has 0 spiro atoms. The molecule has 1 atom stereocenters. The zero-order valence-electron chi connectivity index (χ0n) is 17.2. The molecule has 9 heteroatoms. The molecule has 0 amide bonds. The normalized spacial score (nSPS) is 19.3. The number of nitrogens with zero attached hydrogens (tertiary/aromatic N) is 3. The van der Waals surface area contributed by atoms with Crippen molar-refractivity contribution in [1.29, 1.82) is 0 Å². The lowest BCUT2D eigenvalue weighted by Crippen LogP contribution is -2.39. The molecule has 1 saturated heterocycles. The lowest BCUT2D eigenvalue weighted by Gasteiger charge is -2.30. The highest BCUT2D eigenvalue weighted by atomic mass is 32.2. The molecule has 0 radical (unpaired) electrons. The van der Waals surface area contributed by atoms with Gasteiger partial charge < -0.3 is 14.0 Å². The number of fused-ring (bicyclic) bond motifs is 1. The summed E-state index contributed by atoms with van der Waals surface area (Å²) in [5, 5.41) is 4.10. The summed E-state index contributed by atoms with van der Waals surface area (Å²) in [5.74, 6) is 1.86. The Bertz CT molecular complexity index is 1190. The van der Waals surface area contributed by atoms with E-state index in [1.807, 2.05) is 31.2 Å². The van der Waals surface area contributed by atoms with E-state index in [-0.39, 0.29) is 10.8 Å². The SMILES string of the molecule is Cc1ccc(-c2noc([C@@H]3CCCN(S(=O)(=O)c4ccc5c(c4)OCCO5)C3)n2)cc1. The summed E-state index contributed by atoms with van der Waals surface area (Å²) < 4.78 is 44.6. The van der Waals surface area contributed by atoms with Gasteiger partial charge in [0.2, 0.25) is 21.7 Å². The lowest BCUT2D eigenvalue weighted by atomic mass is 10.00. The first-order chi connectivity index (χ1) is 15.0. The van der Waals surface area contributed by atoms with E-state index < -0.39 is 10.0 Å². The maximum absolute atomic E-state index is 13.3. The maximum atomic E-state index is 13.3. The molecule has 31 heavy (non-hydrogen) atoms. The molecule has 3 heterocycles. The van der Waals surface area contributed by atoms with Crippen molar-refractivity contribution in [2.24, 2.45) is 0 Å². The van der Waals surface area contributed by atoms with Crippen LogP contribution in [0.3, 0.4) is 0 Å². The van der Waals surface area contributed by atoms with Gasteiger partial charge in [-0.2, -0.15) is 9.29 Å². The zero-order chi connectivity index (χ0) is 21.4. The Kier molecular flexibility index (Phi) is 5.15. The van der Waals surface area contributed by atoms with Gasteiger partial charge in [0.25, 0.3) is 0 Å². The first-order valence-corrected chi connectivity index (χ1v) is 11.8. The molecule has 2 aliphatic heterocycles. The topological polar surface area (TPSA) is 94.8 Å². The van der Waals surface area contributed by atoms with Crippen molar-refractivity contribution in [1.82, 2.24) is 14.4 Å². The summed E-state index contributed by atoms with van der Waals surface area (Å²) in [6, 6.07) is 12.6. The van der Waals surface area contributed by atoms with E-state index in [1.165, 1.54) is 10.4 Å². The fourth-order valence-electron chi connectivity index (χ4n) is 3.92. The summed E-state index contributed by atoms with van der Waals surface area (Å²) in [6.07, 6.45) is 1.51. The van der Waals surface area contributed by atoms with E-state index in [4.69, 9.17) is 14.0 Å². The van der Waals surface area contributed by atoms with Crippen molar-refractivity contribution in [3.63, 3.8) is 0 Å². The van der Waals surface area contributed by atoms with E-state index in [0.29, 0.717) is 49.5 Å². The van der Waals surface area contributed by atoms with Gasteiger partial charge in [0.1, 0.15) is 13.2 Å². The van der Waals surface area contributed by atoms with Gasteiger partial charge in [0, 0.05) is 24.7 Å². The summed E-state index contributed by atoms with van der Waals surface area (Å²) in [7, 11) is -3.68. The summed E-state index contributed by atoms with van der Waals surface area (Å²) in [4.78, 5) is 4.74. The molecule has 0 N–H and O–H groups in total. The maximum Gasteiger partial charge on any atom is 0.243 e. The number of aromatic nitrogens is 2. The van der Waals surface area contributed by atoms with Gasteiger partial charge >= 0.3 is 0 Å². The van der Waals surface area contributed by atoms with E-state index in [1.54, 1.807) is 12.1 Å². The minimum atomic E-state index is -3.68. The number of sulfonamides is 1. The van der Waals surface area contributed by atoms with E-state index in [9.17, 15) is 8.42 Å². The second-order valence-corrected chi connectivity index (χ2v) is 9.77. The Morgan fingerprint density at radius 1 is 1.03 bits per heavy atom. The van der Waals surface area contributed by atoms with Gasteiger partial charge in [-0.05, 0) is 31.9 Å². The van der Waals surface area contributed by atoms with Crippen LogP contribution in [0.25, 0.3) is 11.4 Å². The van der Waals surface area contributed by atoms with Crippen LogP contribution in [0.2, 0.25) is 0 Å². The Morgan fingerprint density at radius 3 is 2.61 bits per heavy atom. The van der Waals surface area contributed by atoms with E-state index >= 15 is 0 Å². The standard InChI is InChI=1S/C22H23N3O5S/c1-15-4-6-16(7-5-15)21-23-22(30-24-21)17-3-2-10-25(14-17)31(26,27)18-8-9-19-20(13-18)29-12-11-28-19/h4-9,13,17H,2-3,10-12,14H2,1H3/t17-/m1/s1. The highest BCUT2D eigenvalue weighted by molar-refractivity contribution is 7.89. The molecule has 162 valence electrons. The monoisotopic (exact) mass is 441 g/mol. The molecular formula is C22H23N3O5S. The van der Waals surface area contributed by atoms with Crippen molar-refractivity contribution in [2.45, 2.75) is 30.6 Å². The number of hydrogen-bond acceptors (Lipinski definition) is 7. The Labute approximate surface area is 180 Å². The molecular weight excluding hydrogens is 418 g/mol. The Morgan fingerprint density at radius 2 is 1.81 bits per heavy atom. The van der Waals surface area contributed by atoms with Crippen LogP contribution in [0.4, 0.5) is 0 Å². The molecule has 3 aromatic rings. The molecule has 1 fully saturated rings. The van der Waals surface area contributed by atoms with Crippen molar-refractivity contribution < 1.29 is 22.4 Å². The highest BCUT2D eigenvalue weighted by Gasteiger charge is 2.34. The number of benzene rings is 2. The third kappa shape index (κ3) is 3.90. The molecule has 0 saturated carbocycles. The van der Waals surface area contributed by atoms with Gasteiger partial charge in [-0.3, -0.25) is 0 Å². The third-order valence-electron chi connectivity index (χ3n) is 5.64. The van der Waals surface area contributed by atoms with Crippen molar-refractivity contribution in [3.05, 3.63) is 53.9 Å². The predicted octanol–water partition coefficient (Wildman–Crippen LogP) is 3.38. The number of hydrogen-bond donors (Lipinski definition) is 0. The van der Waals surface area contributed by atoms with Gasteiger partial charge in [0.05, 0.1) is 10.8 Å². The molecule has 8 nitrogen and oxygen atoms in total. The van der Waals surface area contributed by atoms with Crippen LogP contribution in [0, 0.1) is 6.92 Å². The first-order valence-electron chi connectivity index (χ1n) is 10.3. The van der Waals surface area contributed by atoms with Crippen LogP contribution in [0.15, 0.2) is 51.9 Å². The Balaban J connectivity index is 1.36. The minimum Gasteiger partial charge on any atom is -0.486 e. The molecule has 5 rings (SSSR count). The van der Waals surface area contributed by atoms with Crippen LogP contribution in [0.5, 0.6) is 11.5 Å². The summed E-state index contributed by atoms with van der Waals surface area (Å²) >= 11 is 0. The fourth-order valence-corrected chi connectivity index (χ4v) is 5.46. The average Bonchev–Trinajstić information content (AvgIpc) is 3.30. The molecule has 0 unspecified atom stereocenters. The number of rotatable bonds is 4. The predicted molar refractivity (Wildman–Crippen MR) is 113 cm³/mol. The second-order valence-electron chi connectivity index (χ2n) is 7.83. The van der Waals surface area contributed by atoms with Crippen LogP contribution in [-0.4, -0.2) is 49.2 Å². The number of aryl methyl sites for hydroxylation is 1. The number of piperidine rings is 1. The molecule has 0 bridgehead atoms. The van der Waals surface area contributed by atoms with E-state index in [2.05, 4.69) is 10.1 Å².